The van der Waals surface area contributed by atoms with Crippen LogP contribution >= 0.6 is 0 Å². The summed E-state index contributed by atoms with van der Waals surface area (Å²) < 4.78 is 24.3. The minimum Gasteiger partial charge on any atom is -0.373 e. The lowest BCUT2D eigenvalue weighted by atomic mass is 9.94. The third kappa shape index (κ3) is 7.14. The summed E-state index contributed by atoms with van der Waals surface area (Å²) in [5, 5.41) is 5.94. The highest BCUT2D eigenvalue weighted by Crippen LogP contribution is 2.27. The molecule has 1 fully saturated rings. The number of hydrogen-bond donors (Lipinski definition) is 0. The van der Waals surface area contributed by atoms with Crippen LogP contribution in [0.1, 0.15) is 55.4 Å². The van der Waals surface area contributed by atoms with Gasteiger partial charge in [0.15, 0.2) is 6.29 Å². The van der Waals surface area contributed by atoms with E-state index in [9.17, 15) is 0 Å². The molecule has 1 aliphatic heterocycles. The summed E-state index contributed by atoms with van der Waals surface area (Å²) in [6.45, 7) is 18.0. The van der Waals surface area contributed by atoms with Gasteiger partial charge in [0.25, 0.3) is 0 Å². The maximum absolute atomic E-state index is 6.14. The number of nitrogens with zero attached hydrogens (tertiary/aromatic N) is 2. The summed E-state index contributed by atoms with van der Waals surface area (Å²) in [6.07, 6.45) is 0.821. The van der Waals surface area contributed by atoms with E-state index in [2.05, 4.69) is 60.5 Å². The van der Waals surface area contributed by atoms with Gasteiger partial charge in [-0.15, -0.1) is 0 Å². The van der Waals surface area contributed by atoms with Crippen molar-refractivity contribution in [1.29, 1.82) is 0 Å². The number of ether oxygens (including phenoxy) is 4. The molecule has 0 bridgehead atoms. The lowest BCUT2D eigenvalue weighted by Crippen LogP contribution is -2.41. The highest BCUT2D eigenvalue weighted by molar-refractivity contribution is 5.61. The van der Waals surface area contributed by atoms with Gasteiger partial charge in [0, 0.05) is 14.1 Å². The Kier molecular flexibility index (Phi) is 8.52. The van der Waals surface area contributed by atoms with Crippen molar-refractivity contribution in [3.63, 3.8) is 0 Å². The largest absolute Gasteiger partial charge is 0.373 e. The molecular weight excluding hydrogens is 332 g/mol. The predicted octanol–water partition coefficient (Wildman–Crippen LogP) is 3.55. The molecule has 0 unspecified atom stereocenters. The van der Waals surface area contributed by atoms with Crippen LogP contribution in [0.4, 0.5) is 0 Å². The van der Waals surface area contributed by atoms with Gasteiger partial charge in [-0.1, -0.05) is 27.7 Å². The van der Waals surface area contributed by atoms with E-state index in [-0.39, 0.29) is 23.4 Å². The van der Waals surface area contributed by atoms with Crippen molar-refractivity contribution in [3.05, 3.63) is 0 Å². The molecule has 6 heteroatoms. The fourth-order valence-electron chi connectivity index (χ4n) is 2.03. The lowest BCUT2D eigenvalue weighted by Gasteiger charge is -2.33. The standard InChI is InChI=1S/C20H40N2O4/c1-14(2)19(5,6)23-12-16-17(13-24-20(7,8)15(3)4)26-18(25-16)11-21-22(9)10/h11,14-18H,12-13H2,1-10H3/b21-11+/t16-,17-/m0/s1. The van der Waals surface area contributed by atoms with E-state index < -0.39 is 6.29 Å². The molecule has 0 aliphatic carbocycles. The molecule has 2 atom stereocenters. The Bertz CT molecular complexity index is 415. The normalized spacial score (nSPS) is 22.9. The molecule has 0 radical (unpaired) electrons. The molecule has 0 aromatic carbocycles. The van der Waals surface area contributed by atoms with Crippen LogP contribution < -0.4 is 0 Å². The first-order valence-electron chi connectivity index (χ1n) is 9.65. The molecule has 26 heavy (non-hydrogen) atoms. The van der Waals surface area contributed by atoms with Crippen molar-refractivity contribution in [3.8, 4) is 0 Å². The molecule has 0 saturated carbocycles. The average molecular weight is 373 g/mol. The molecule has 0 aromatic rings. The van der Waals surface area contributed by atoms with Gasteiger partial charge in [0.05, 0.1) is 30.6 Å². The van der Waals surface area contributed by atoms with Crippen molar-refractivity contribution in [2.24, 2.45) is 16.9 Å². The van der Waals surface area contributed by atoms with E-state index in [1.807, 2.05) is 14.1 Å². The summed E-state index contributed by atoms with van der Waals surface area (Å²) in [6, 6.07) is 0. The number of rotatable bonds is 10. The summed E-state index contributed by atoms with van der Waals surface area (Å²) in [4.78, 5) is 0. The Hall–Kier alpha value is -0.690. The van der Waals surface area contributed by atoms with Gasteiger partial charge >= 0.3 is 0 Å². The second-order valence-corrected chi connectivity index (χ2v) is 8.97. The van der Waals surface area contributed by atoms with Crippen LogP contribution in [0.3, 0.4) is 0 Å². The fourth-order valence-corrected chi connectivity index (χ4v) is 2.03. The van der Waals surface area contributed by atoms with E-state index in [1.54, 1.807) is 11.2 Å². The highest BCUT2D eigenvalue weighted by atomic mass is 16.7. The van der Waals surface area contributed by atoms with Crippen LogP contribution in [0.5, 0.6) is 0 Å². The fraction of sp³-hybridized carbons (Fsp3) is 0.950. The molecule has 0 aromatic heterocycles. The van der Waals surface area contributed by atoms with Crippen molar-refractivity contribution in [2.75, 3.05) is 27.3 Å². The maximum atomic E-state index is 6.14. The van der Waals surface area contributed by atoms with Crippen LogP contribution in [-0.2, 0) is 18.9 Å². The Morgan fingerprint density at radius 2 is 1.27 bits per heavy atom. The molecule has 0 amide bonds. The quantitative estimate of drug-likeness (QED) is 0.434. The van der Waals surface area contributed by atoms with E-state index in [0.29, 0.717) is 25.0 Å². The van der Waals surface area contributed by atoms with E-state index in [1.165, 1.54) is 0 Å². The monoisotopic (exact) mass is 372 g/mol. The highest BCUT2D eigenvalue weighted by Gasteiger charge is 2.39. The Balaban J connectivity index is 2.74. The zero-order valence-electron chi connectivity index (χ0n) is 18.4. The van der Waals surface area contributed by atoms with Crippen molar-refractivity contribution >= 4 is 6.21 Å². The lowest BCUT2D eigenvalue weighted by molar-refractivity contribution is -0.110. The third-order valence-corrected chi connectivity index (χ3v) is 5.47. The molecule has 154 valence electrons. The molecule has 6 nitrogen and oxygen atoms in total. The van der Waals surface area contributed by atoms with E-state index in [0.717, 1.165) is 0 Å². The summed E-state index contributed by atoms with van der Waals surface area (Å²) in [7, 11) is 3.73. The molecule has 0 spiro atoms. The second-order valence-electron chi connectivity index (χ2n) is 8.97. The zero-order valence-corrected chi connectivity index (χ0v) is 18.4. The first-order valence-corrected chi connectivity index (χ1v) is 9.65. The molecule has 0 N–H and O–H groups in total. The van der Waals surface area contributed by atoms with Gasteiger partial charge < -0.3 is 24.0 Å². The van der Waals surface area contributed by atoms with Crippen molar-refractivity contribution in [2.45, 2.75) is 85.1 Å². The minimum atomic E-state index is -0.482. The van der Waals surface area contributed by atoms with Crippen LogP contribution in [0.25, 0.3) is 0 Å². The first kappa shape index (κ1) is 23.3. The van der Waals surface area contributed by atoms with E-state index >= 15 is 0 Å². The Morgan fingerprint density at radius 1 is 0.885 bits per heavy atom. The molecule has 1 rings (SSSR count). The van der Waals surface area contributed by atoms with Crippen LogP contribution in [-0.4, -0.2) is 68.2 Å². The Labute approximate surface area is 160 Å². The SMILES string of the molecule is CC(C)C(C)(C)OC[C@@H]1OC(/C=N/N(C)C)O[C@H]1COC(C)(C)C(C)C. The molecule has 1 saturated heterocycles. The average Bonchev–Trinajstić information content (AvgIpc) is 2.91. The van der Waals surface area contributed by atoms with Gasteiger partial charge in [-0.3, -0.25) is 0 Å². The first-order chi connectivity index (χ1) is 11.8. The van der Waals surface area contributed by atoms with Crippen molar-refractivity contribution in [1.82, 2.24) is 5.01 Å². The minimum absolute atomic E-state index is 0.186. The van der Waals surface area contributed by atoms with Gasteiger partial charge in [-0.25, -0.2) is 0 Å². The Morgan fingerprint density at radius 3 is 1.58 bits per heavy atom. The van der Waals surface area contributed by atoms with Gasteiger partial charge in [0.1, 0.15) is 12.2 Å². The summed E-state index contributed by atoms with van der Waals surface area (Å²) in [5.74, 6) is 0.816. The van der Waals surface area contributed by atoms with Gasteiger partial charge in [-0.2, -0.15) is 5.10 Å². The van der Waals surface area contributed by atoms with Crippen molar-refractivity contribution < 1.29 is 18.9 Å². The predicted molar refractivity (Wildman–Crippen MR) is 105 cm³/mol. The van der Waals surface area contributed by atoms with Crippen LogP contribution in [0.15, 0.2) is 5.10 Å². The van der Waals surface area contributed by atoms with Gasteiger partial charge in [0.2, 0.25) is 0 Å². The number of hydrogen-bond acceptors (Lipinski definition) is 6. The topological polar surface area (TPSA) is 52.5 Å². The van der Waals surface area contributed by atoms with Crippen LogP contribution in [0, 0.1) is 11.8 Å². The number of hydrazone groups is 1. The second kappa shape index (κ2) is 9.49. The van der Waals surface area contributed by atoms with Crippen LogP contribution in [0.2, 0.25) is 0 Å². The molecule has 1 heterocycles. The summed E-state index contributed by atoms with van der Waals surface area (Å²) >= 11 is 0. The maximum Gasteiger partial charge on any atom is 0.196 e. The zero-order chi connectivity index (χ0) is 20.1. The molecule has 1 aliphatic rings. The molecular formula is C20H40N2O4. The summed E-state index contributed by atoms with van der Waals surface area (Å²) in [5.41, 5.74) is -0.441. The smallest absolute Gasteiger partial charge is 0.196 e. The van der Waals surface area contributed by atoms with Gasteiger partial charge in [-0.05, 0) is 39.5 Å². The van der Waals surface area contributed by atoms with E-state index in [4.69, 9.17) is 18.9 Å². The third-order valence-electron chi connectivity index (χ3n) is 5.47.